The molecule has 3 aromatic rings. The van der Waals surface area contributed by atoms with Crippen molar-refractivity contribution in [3.63, 3.8) is 0 Å². The molecule has 0 atom stereocenters. The Balaban J connectivity index is 2.07. The van der Waals surface area contributed by atoms with E-state index >= 15 is 0 Å². The summed E-state index contributed by atoms with van der Waals surface area (Å²) in [5.41, 5.74) is 2.83. The van der Waals surface area contributed by atoms with Gasteiger partial charge in [0.1, 0.15) is 0 Å². The van der Waals surface area contributed by atoms with Gasteiger partial charge in [-0.05, 0) is 31.5 Å². The van der Waals surface area contributed by atoms with Crippen LogP contribution in [0, 0.1) is 6.92 Å². The Labute approximate surface area is 146 Å². The third kappa shape index (κ3) is 3.12. The molecule has 6 nitrogen and oxygen atoms in total. The van der Waals surface area contributed by atoms with Gasteiger partial charge in [0, 0.05) is 16.2 Å². The molecule has 0 amide bonds. The summed E-state index contributed by atoms with van der Waals surface area (Å²) in [7, 11) is 0. The van der Waals surface area contributed by atoms with Crippen molar-refractivity contribution in [2.24, 2.45) is 0 Å². The average Bonchev–Trinajstić information content (AvgIpc) is 2.96. The smallest absolute Gasteiger partial charge is 0.310 e. The van der Waals surface area contributed by atoms with Gasteiger partial charge in [-0.3, -0.25) is 14.7 Å². The normalized spacial score (nSPS) is 11.0. The lowest BCUT2D eigenvalue weighted by Gasteiger charge is -2.05. The second-order valence-electron chi connectivity index (χ2n) is 5.33. The summed E-state index contributed by atoms with van der Waals surface area (Å²) in [6, 6.07) is 9.53. The molecule has 0 aliphatic heterocycles. The fraction of sp³-hybridized carbons (Fsp3) is 0.235. The monoisotopic (exact) mass is 389 g/mol. The number of fused-ring (bicyclic) bond motifs is 1. The number of carbonyl (C=O) groups excluding carboxylic acids is 1. The first-order valence-corrected chi connectivity index (χ1v) is 8.31. The zero-order valence-electron chi connectivity index (χ0n) is 13.3. The van der Waals surface area contributed by atoms with Crippen LogP contribution < -0.4 is 5.56 Å². The molecule has 0 unspecified atom stereocenters. The van der Waals surface area contributed by atoms with Crippen LogP contribution in [0.25, 0.3) is 16.9 Å². The number of aromatic amines is 1. The second kappa shape index (κ2) is 6.60. The zero-order valence-corrected chi connectivity index (χ0v) is 14.9. The van der Waals surface area contributed by atoms with Gasteiger partial charge in [0.25, 0.3) is 5.56 Å². The third-order valence-electron chi connectivity index (χ3n) is 3.70. The van der Waals surface area contributed by atoms with Crippen LogP contribution in [0.4, 0.5) is 0 Å². The van der Waals surface area contributed by atoms with E-state index in [0.29, 0.717) is 16.9 Å². The highest BCUT2D eigenvalue weighted by Crippen LogP contribution is 2.21. The molecule has 124 valence electrons. The molecule has 0 spiro atoms. The molecule has 2 aromatic heterocycles. The van der Waals surface area contributed by atoms with Crippen molar-refractivity contribution in [1.82, 2.24) is 14.6 Å². The van der Waals surface area contributed by atoms with Crippen LogP contribution in [-0.2, 0) is 16.0 Å². The summed E-state index contributed by atoms with van der Waals surface area (Å²) in [5, 5.41) is 3.05. The third-order valence-corrected chi connectivity index (χ3v) is 4.23. The molecule has 0 radical (unpaired) electrons. The van der Waals surface area contributed by atoms with E-state index in [-0.39, 0.29) is 18.6 Å². The van der Waals surface area contributed by atoms with E-state index in [2.05, 4.69) is 26.0 Å². The number of H-pyrrole nitrogens is 1. The van der Waals surface area contributed by atoms with Gasteiger partial charge in [-0.25, -0.2) is 9.50 Å². The van der Waals surface area contributed by atoms with Crippen molar-refractivity contribution in [2.45, 2.75) is 20.3 Å². The number of carbonyl (C=O) groups is 1. The maximum Gasteiger partial charge on any atom is 0.310 e. The molecule has 1 aromatic carbocycles. The van der Waals surface area contributed by atoms with Crippen molar-refractivity contribution in [1.29, 1.82) is 0 Å². The Morgan fingerprint density at radius 2 is 2.04 bits per heavy atom. The van der Waals surface area contributed by atoms with Crippen LogP contribution >= 0.6 is 15.9 Å². The lowest BCUT2D eigenvalue weighted by Crippen LogP contribution is -2.24. The minimum Gasteiger partial charge on any atom is -0.466 e. The molecule has 0 aliphatic carbocycles. The maximum atomic E-state index is 12.7. The van der Waals surface area contributed by atoms with Gasteiger partial charge in [0.05, 0.1) is 24.3 Å². The van der Waals surface area contributed by atoms with E-state index < -0.39 is 5.97 Å². The maximum absolute atomic E-state index is 12.7. The van der Waals surface area contributed by atoms with Gasteiger partial charge in [0.15, 0.2) is 5.65 Å². The number of nitrogens with zero attached hydrogens (tertiary/aromatic N) is 2. The highest BCUT2D eigenvalue weighted by molar-refractivity contribution is 9.10. The topological polar surface area (TPSA) is 76.5 Å². The average molecular weight is 390 g/mol. The number of aromatic nitrogens is 3. The molecule has 0 aliphatic rings. The number of esters is 1. The number of halogens is 1. The van der Waals surface area contributed by atoms with Crippen LogP contribution in [-0.4, -0.2) is 27.2 Å². The Morgan fingerprint density at radius 3 is 2.71 bits per heavy atom. The molecular formula is C17H16BrN3O3. The standard InChI is InChI=1S/C17H16BrN3O3/c1-3-24-16(22)8-13-10(2)19-15-9-14(20-21(15)17(13)23)11-4-6-12(18)7-5-11/h4-7,9,20H,3,8H2,1-2H3. The molecule has 24 heavy (non-hydrogen) atoms. The van der Waals surface area contributed by atoms with Crippen LogP contribution in [0.3, 0.4) is 0 Å². The molecule has 0 fully saturated rings. The highest BCUT2D eigenvalue weighted by Gasteiger charge is 2.16. The van der Waals surface area contributed by atoms with E-state index in [1.807, 2.05) is 30.3 Å². The number of hydrogen-bond acceptors (Lipinski definition) is 4. The first kappa shape index (κ1) is 16.4. The first-order chi connectivity index (χ1) is 11.5. The van der Waals surface area contributed by atoms with Crippen LogP contribution in [0.5, 0.6) is 0 Å². The number of hydrogen-bond donors (Lipinski definition) is 1. The predicted octanol–water partition coefficient (Wildman–Crippen LogP) is 2.87. The quantitative estimate of drug-likeness (QED) is 0.696. The summed E-state index contributed by atoms with van der Waals surface area (Å²) in [6.45, 7) is 3.74. The SMILES string of the molecule is CCOC(=O)Cc1c(C)nc2cc(-c3ccc(Br)cc3)[nH]n2c1=O. The van der Waals surface area contributed by atoms with Gasteiger partial charge in [-0.15, -0.1) is 0 Å². The van der Waals surface area contributed by atoms with E-state index in [1.54, 1.807) is 13.8 Å². The van der Waals surface area contributed by atoms with Gasteiger partial charge >= 0.3 is 5.97 Å². The lowest BCUT2D eigenvalue weighted by atomic mass is 10.1. The number of aryl methyl sites for hydroxylation is 1. The Kier molecular flexibility index (Phi) is 4.53. The Morgan fingerprint density at radius 1 is 1.33 bits per heavy atom. The molecular weight excluding hydrogens is 374 g/mol. The van der Waals surface area contributed by atoms with Crippen LogP contribution in [0.2, 0.25) is 0 Å². The van der Waals surface area contributed by atoms with Crippen LogP contribution in [0.1, 0.15) is 18.2 Å². The van der Waals surface area contributed by atoms with E-state index in [1.165, 1.54) is 4.52 Å². The van der Waals surface area contributed by atoms with Gasteiger partial charge in [-0.2, -0.15) is 0 Å². The van der Waals surface area contributed by atoms with E-state index in [0.717, 1.165) is 15.7 Å². The highest BCUT2D eigenvalue weighted by atomic mass is 79.9. The van der Waals surface area contributed by atoms with Crippen LogP contribution in [0.15, 0.2) is 39.6 Å². The number of rotatable bonds is 4. The van der Waals surface area contributed by atoms with Gasteiger partial charge < -0.3 is 4.74 Å². The van der Waals surface area contributed by atoms with Crippen molar-refractivity contribution in [3.05, 3.63) is 56.4 Å². The summed E-state index contributed by atoms with van der Waals surface area (Å²) in [6.07, 6.45) is -0.0823. The molecule has 1 N–H and O–H groups in total. The summed E-state index contributed by atoms with van der Waals surface area (Å²) in [4.78, 5) is 28.8. The van der Waals surface area contributed by atoms with Crippen molar-refractivity contribution in [2.75, 3.05) is 6.61 Å². The van der Waals surface area contributed by atoms with Crippen molar-refractivity contribution < 1.29 is 9.53 Å². The van der Waals surface area contributed by atoms with Crippen molar-refractivity contribution in [3.8, 4) is 11.3 Å². The molecule has 0 saturated heterocycles. The minimum atomic E-state index is -0.431. The molecule has 0 saturated carbocycles. The molecule has 2 heterocycles. The molecule has 0 bridgehead atoms. The van der Waals surface area contributed by atoms with Gasteiger partial charge in [-0.1, -0.05) is 28.1 Å². The summed E-state index contributed by atoms with van der Waals surface area (Å²) in [5.74, 6) is -0.431. The second-order valence-corrected chi connectivity index (χ2v) is 6.25. The predicted molar refractivity (Wildman–Crippen MR) is 94.0 cm³/mol. The Bertz CT molecular complexity index is 958. The number of benzene rings is 1. The molecule has 3 rings (SSSR count). The fourth-order valence-electron chi connectivity index (χ4n) is 2.51. The van der Waals surface area contributed by atoms with Crippen molar-refractivity contribution >= 4 is 27.5 Å². The van der Waals surface area contributed by atoms with E-state index in [9.17, 15) is 9.59 Å². The first-order valence-electron chi connectivity index (χ1n) is 7.52. The van der Waals surface area contributed by atoms with E-state index in [4.69, 9.17) is 4.74 Å². The number of ether oxygens (including phenoxy) is 1. The van der Waals surface area contributed by atoms with Gasteiger partial charge in [0.2, 0.25) is 0 Å². The number of nitrogens with one attached hydrogen (secondary N) is 1. The largest absolute Gasteiger partial charge is 0.466 e. The summed E-state index contributed by atoms with van der Waals surface area (Å²) >= 11 is 3.40. The summed E-state index contributed by atoms with van der Waals surface area (Å²) < 4.78 is 7.26. The Hall–Kier alpha value is -2.41. The minimum absolute atomic E-state index is 0.0823. The fourth-order valence-corrected chi connectivity index (χ4v) is 2.77. The lowest BCUT2D eigenvalue weighted by molar-refractivity contribution is -0.142. The molecule has 7 heteroatoms. The zero-order chi connectivity index (χ0) is 17.3.